The van der Waals surface area contributed by atoms with Gasteiger partial charge in [-0.05, 0) is 43.5 Å². The second-order valence-corrected chi connectivity index (χ2v) is 4.48. The largest absolute Gasteiger partial charge is 0.370 e. The Hall–Kier alpha value is -2.04. The standard InChI is InChI=1S/C14H22N4O/c1-4-7-16-13(19)9-17-14(15)18-12-6-5-10(2)11(3)8-12/h5-6,8H,4,7,9H2,1-3H3,(H,16,19)(H3,15,17,18). The molecule has 1 aromatic rings. The number of nitrogens with one attached hydrogen (secondary N) is 2. The van der Waals surface area contributed by atoms with Crippen molar-refractivity contribution in [2.45, 2.75) is 27.2 Å². The lowest BCUT2D eigenvalue weighted by Crippen LogP contribution is -2.29. The van der Waals surface area contributed by atoms with E-state index >= 15 is 0 Å². The van der Waals surface area contributed by atoms with E-state index in [1.54, 1.807) is 0 Å². The molecule has 0 aliphatic carbocycles. The molecule has 0 aromatic heterocycles. The fraction of sp³-hybridized carbons (Fsp3) is 0.429. The van der Waals surface area contributed by atoms with Crippen molar-refractivity contribution >= 4 is 17.6 Å². The van der Waals surface area contributed by atoms with Gasteiger partial charge in [-0.25, -0.2) is 4.99 Å². The lowest BCUT2D eigenvalue weighted by Gasteiger charge is -2.08. The first-order chi connectivity index (χ1) is 9.02. The smallest absolute Gasteiger partial charge is 0.241 e. The summed E-state index contributed by atoms with van der Waals surface area (Å²) in [5.74, 6) is 0.126. The van der Waals surface area contributed by atoms with Crippen molar-refractivity contribution in [3.63, 3.8) is 0 Å². The second kappa shape index (κ2) is 7.41. The van der Waals surface area contributed by atoms with Crippen molar-refractivity contribution in [2.24, 2.45) is 10.7 Å². The number of carbonyl (C=O) groups is 1. The molecule has 0 spiro atoms. The van der Waals surface area contributed by atoms with E-state index in [9.17, 15) is 4.79 Å². The second-order valence-electron chi connectivity index (χ2n) is 4.48. The minimum atomic E-state index is -0.119. The maximum absolute atomic E-state index is 11.4. The topological polar surface area (TPSA) is 79.5 Å². The third-order valence-electron chi connectivity index (χ3n) is 2.74. The van der Waals surface area contributed by atoms with Crippen molar-refractivity contribution in [1.29, 1.82) is 0 Å². The van der Waals surface area contributed by atoms with Gasteiger partial charge in [0.05, 0.1) is 0 Å². The average Bonchev–Trinajstić information content (AvgIpc) is 2.38. The molecule has 0 saturated heterocycles. The molecule has 0 aliphatic rings. The molecule has 5 nitrogen and oxygen atoms in total. The zero-order chi connectivity index (χ0) is 14.3. The summed E-state index contributed by atoms with van der Waals surface area (Å²) in [7, 11) is 0. The number of nitrogens with two attached hydrogens (primary N) is 1. The van der Waals surface area contributed by atoms with Crippen LogP contribution < -0.4 is 16.4 Å². The van der Waals surface area contributed by atoms with E-state index in [-0.39, 0.29) is 18.4 Å². The Morgan fingerprint density at radius 2 is 2.05 bits per heavy atom. The van der Waals surface area contributed by atoms with Gasteiger partial charge in [0.2, 0.25) is 5.91 Å². The average molecular weight is 262 g/mol. The molecule has 1 amide bonds. The quantitative estimate of drug-likeness (QED) is 0.556. The molecule has 0 aliphatic heterocycles. The molecule has 1 rings (SSSR count). The molecular formula is C14H22N4O. The molecule has 0 radical (unpaired) electrons. The van der Waals surface area contributed by atoms with Gasteiger partial charge in [0, 0.05) is 12.2 Å². The first-order valence-electron chi connectivity index (χ1n) is 6.43. The molecular weight excluding hydrogens is 240 g/mol. The molecule has 104 valence electrons. The highest BCUT2D eigenvalue weighted by molar-refractivity contribution is 5.93. The van der Waals surface area contributed by atoms with Crippen LogP contribution in [0.3, 0.4) is 0 Å². The minimum Gasteiger partial charge on any atom is -0.370 e. The number of anilines is 1. The molecule has 0 bridgehead atoms. The Bertz CT molecular complexity index is 469. The number of rotatable bonds is 5. The van der Waals surface area contributed by atoms with Crippen molar-refractivity contribution in [1.82, 2.24) is 5.32 Å². The van der Waals surface area contributed by atoms with E-state index < -0.39 is 0 Å². The van der Waals surface area contributed by atoms with Crippen LogP contribution in [0.5, 0.6) is 0 Å². The first kappa shape index (κ1) is 15.0. The normalized spacial score (nSPS) is 11.2. The highest BCUT2D eigenvalue weighted by Gasteiger charge is 2.00. The van der Waals surface area contributed by atoms with E-state index in [4.69, 9.17) is 5.73 Å². The molecule has 0 unspecified atom stereocenters. The number of carbonyl (C=O) groups excluding carboxylic acids is 1. The van der Waals surface area contributed by atoms with E-state index in [1.165, 1.54) is 11.1 Å². The van der Waals surface area contributed by atoms with Crippen LogP contribution in [-0.4, -0.2) is 25.0 Å². The third kappa shape index (κ3) is 5.42. The van der Waals surface area contributed by atoms with Crippen LogP contribution in [0.2, 0.25) is 0 Å². The number of aliphatic imine (C=N–C) groups is 1. The predicted octanol–water partition coefficient (Wildman–Crippen LogP) is 1.56. The Morgan fingerprint density at radius 3 is 2.68 bits per heavy atom. The van der Waals surface area contributed by atoms with E-state index in [0.717, 1.165) is 12.1 Å². The number of hydrogen-bond acceptors (Lipinski definition) is 2. The fourth-order valence-electron chi connectivity index (χ4n) is 1.48. The summed E-state index contributed by atoms with van der Waals surface area (Å²) in [6.07, 6.45) is 0.909. The Morgan fingerprint density at radius 1 is 1.32 bits per heavy atom. The van der Waals surface area contributed by atoms with Crippen molar-refractivity contribution in [3.8, 4) is 0 Å². The maximum Gasteiger partial charge on any atom is 0.241 e. The summed E-state index contributed by atoms with van der Waals surface area (Å²) in [6.45, 7) is 6.79. The molecule has 19 heavy (non-hydrogen) atoms. The molecule has 4 N–H and O–H groups in total. The Labute approximate surface area is 114 Å². The molecule has 0 saturated carbocycles. The van der Waals surface area contributed by atoms with Gasteiger partial charge >= 0.3 is 0 Å². The highest BCUT2D eigenvalue weighted by atomic mass is 16.1. The van der Waals surface area contributed by atoms with Crippen molar-refractivity contribution in [3.05, 3.63) is 29.3 Å². The summed E-state index contributed by atoms with van der Waals surface area (Å²) < 4.78 is 0. The van der Waals surface area contributed by atoms with Gasteiger partial charge in [-0.15, -0.1) is 0 Å². The Kier molecular flexibility index (Phi) is 5.85. The number of amides is 1. The van der Waals surface area contributed by atoms with Crippen LogP contribution in [0.15, 0.2) is 23.2 Å². The van der Waals surface area contributed by atoms with Crippen molar-refractivity contribution in [2.75, 3.05) is 18.4 Å². The monoisotopic (exact) mass is 262 g/mol. The van der Waals surface area contributed by atoms with Gasteiger partial charge in [0.25, 0.3) is 0 Å². The molecule has 1 aromatic carbocycles. The van der Waals surface area contributed by atoms with Crippen LogP contribution >= 0.6 is 0 Å². The van der Waals surface area contributed by atoms with Gasteiger partial charge in [0.15, 0.2) is 5.96 Å². The number of aryl methyl sites for hydroxylation is 2. The molecule has 5 heteroatoms. The molecule has 0 fully saturated rings. The lowest BCUT2D eigenvalue weighted by atomic mass is 10.1. The van der Waals surface area contributed by atoms with Gasteiger partial charge < -0.3 is 16.4 Å². The van der Waals surface area contributed by atoms with E-state index in [2.05, 4.69) is 22.5 Å². The van der Waals surface area contributed by atoms with Crippen LogP contribution in [-0.2, 0) is 4.79 Å². The molecule has 0 atom stereocenters. The van der Waals surface area contributed by atoms with Gasteiger partial charge in [-0.3, -0.25) is 4.79 Å². The zero-order valence-corrected chi connectivity index (χ0v) is 11.8. The maximum atomic E-state index is 11.4. The van der Waals surface area contributed by atoms with Gasteiger partial charge in [-0.1, -0.05) is 13.0 Å². The van der Waals surface area contributed by atoms with Crippen LogP contribution in [0, 0.1) is 13.8 Å². The first-order valence-corrected chi connectivity index (χ1v) is 6.43. The highest BCUT2D eigenvalue weighted by Crippen LogP contribution is 2.13. The fourth-order valence-corrected chi connectivity index (χ4v) is 1.48. The van der Waals surface area contributed by atoms with Gasteiger partial charge in [0.1, 0.15) is 6.54 Å². The molecule has 0 heterocycles. The number of nitrogens with zero attached hydrogens (tertiary/aromatic N) is 1. The summed E-state index contributed by atoms with van der Waals surface area (Å²) in [4.78, 5) is 15.4. The zero-order valence-electron chi connectivity index (χ0n) is 11.8. The van der Waals surface area contributed by atoms with Crippen LogP contribution in [0.25, 0.3) is 0 Å². The van der Waals surface area contributed by atoms with E-state index in [1.807, 2.05) is 32.0 Å². The van der Waals surface area contributed by atoms with Crippen molar-refractivity contribution < 1.29 is 4.79 Å². The summed E-state index contributed by atoms with van der Waals surface area (Å²) in [5.41, 5.74) is 9.00. The third-order valence-corrected chi connectivity index (χ3v) is 2.74. The lowest BCUT2D eigenvalue weighted by molar-refractivity contribution is -0.119. The SMILES string of the molecule is CCCNC(=O)CN=C(N)Nc1ccc(C)c(C)c1. The van der Waals surface area contributed by atoms with Crippen LogP contribution in [0.1, 0.15) is 24.5 Å². The Balaban J connectivity index is 2.51. The summed E-state index contributed by atoms with van der Waals surface area (Å²) in [6, 6.07) is 5.94. The minimum absolute atomic E-state index is 0.0453. The van der Waals surface area contributed by atoms with Crippen LogP contribution in [0.4, 0.5) is 5.69 Å². The predicted molar refractivity (Wildman–Crippen MR) is 79.3 cm³/mol. The summed E-state index contributed by atoms with van der Waals surface area (Å²) >= 11 is 0. The number of hydrogen-bond donors (Lipinski definition) is 3. The number of guanidine groups is 1. The number of benzene rings is 1. The summed E-state index contributed by atoms with van der Waals surface area (Å²) in [5, 5.41) is 5.71. The van der Waals surface area contributed by atoms with E-state index in [0.29, 0.717) is 6.54 Å². The van der Waals surface area contributed by atoms with Gasteiger partial charge in [-0.2, -0.15) is 0 Å².